The minimum absolute atomic E-state index is 0.574. The molecule has 0 saturated heterocycles. The summed E-state index contributed by atoms with van der Waals surface area (Å²) in [5.41, 5.74) is 1.88. The summed E-state index contributed by atoms with van der Waals surface area (Å²) in [4.78, 5) is 0. The van der Waals surface area contributed by atoms with E-state index in [1.807, 2.05) is 30.3 Å². The highest BCUT2D eigenvalue weighted by atomic mass is 35.5. The minimum Gasteiger partial charge on any atom is -0.495 e. The number of benzene rings is 2. The fourth-order valence-corrected chi connectivity index (χ4v) is 2.45. The predicted molar refractivity (Wildman–Crippen MR) is 82.8 cm³/mol. The van der Waals surface area contributed by atoms with Crippen LogP contribution in [0.1, 0.15) is 5.56 Å². The number of methoxy groups -OCH3 is 1. The number of para-hydroxylation sites is 1. The molecule has 0 saturated carbocycles. The standard InChI is InChI=1S/C16H16ClNO3/c1-19-14-6-5-12(17)9-13(14)18-10-11-3-2-4-15-16(11)21-8-7-20-15/h2-6,9,18H,7-8,10H2,1H3. The SMILES string of the molecule is COc1ccc(Cl)cc1NCc1cccc2c1OCCO2. The van der Waals surface area contributed by atoms with Gasteiger partial charge < -0.3 is 19.5 Å². The average molecular weight is 306 g/mol. The first kappa shape index (κ1) is 13.9. The van der Waals surface area contributed by atoms with Crippen molar-refractivity contribution in [2.75, 3.05) is 25.6 Å². The van der Waals surface area contributed by atoms with Crippen molar-refractivity contribution in [3.8, 4) is 17.2 Å². The van der Waals surface area contributed by atoms with Crippen LogP contribution in [-0.2, 0) is 6.54 Å². The van der Waals surface area contributed by atoms with E-state index >= 15 is 0 Å². The Morgan fingerprint density at radius 1 is 1.19 bits per heavy atom. The van der Waals surface area contributed by atoms with Gasteiger partial charge in [0.25, 0.3) is 0 Å². The second kappa shape index (κ2) is 6.14. The number of hydrogen-bond donors (Lipinski definition) is 1. The zero-order valence-electron chi connectivity index (χ0n) is 11.7. The first-order valence-corrected chi connectivity index (χ1v) is 7.10. The molecule has 0 unspecified atom stereocenters. The quantitative estimate of drug-likeness (QED) is 0.934. The van der Waals surface area contributed by atoms with Crippen LogP contribution in [0.25, 0.3) is 0 Å². The Morgan fingerprint density at radius 2 is 2.05 bits per heavy atom. The highest BCUT2D eigenvalue weighted by Gasteiger charge is 2.15. The van der Waals surface area contributed by atoms with Crippen LogP contribution in [0.3, 0.4) is 0 Å². The largest absolute Gasteiger partial charge is 0.495 e. The predicted octanol–water partition coefficient (Wildman–Crippen LogP) is 3.73. The van der Waals surface area contributed by atoms with Crippen LogP contribution in [-0.4, -0.2) is 20.3 Å². The van der Waals surface area contributed by atoms with Gasteiger partial charge in [-0.05, 0) is 24.3 Å². The van der Waals surface area contributed by atoms with Crippen molar-refractivity contribution in [1.29, 1.82) is 0 Å². The van der Waals surface area contributed by atoms with Crippen LogP contribution in [0, 0.1) is 0 Å². The number of rotatable bonds is 4. The van der Waals surface area contributed by atoms with Gasteiger partial charge in [-0.15, -0.1) is 0 Å². The van der Waals surface area contributed by atoms with Crippen molar-refractivity contribution in [2.45, 2.75) is 6.54 Å². The lowest BCUT2D eigenvalue weighted by Crippen LogP contribution is -2.17. The van der Waals surface area contributed by atoms with Crippen LogP contribution < -0.4 is 19.5 Å². The molecule has 0 spiro atoms. The highest BCUT2D eigenvalue weighted by molar-refractivity contribution is 6.30. The zero-order chi connectivity index (χ0) is 14.7. The van der Waals surface area contributed by atoms with E-state index in [-0.39, 0.29) is 0 Å². The van der Waals surface area contributed by atoms with Crippen molar-refractivity contribution in [2.24, 2.45) is 0 Å². The lowest BCUT2D eigenvalue weighted by molar-refractivity contribution is 0.170. The number of fused-ring (bicyclic) bond motifs is 1. The summed E-state index contributed by atoms with van der Waals surface area (Å²) in [6, 6.07) is 11.4. The van der Waals surface area contributed by atoms with Crippen LogP contribution in [0.4, 0.5) is 5.69 Å². The third kappa shape index (κ3) is 3.00. The molecule has 1 N–H and O–H groups in total. The molecule has 0 atom stereocenters. The summed E-state index contributed by atoms with van der Waals surface area (Å²) in [6.45, 7) is 1.76. The molecule has 2 aromatic rings. The van der Waals surface area contributed by atoms with Crippen LogP contribution in [0.5, 0.6) is 17.2 Å². The number of halogens is 1. The van der Waals surface area contributed by atoms with Gasteiger partial charge in [0.15, 0.2) is 11.5 Å². The van der Waals surface area contributed by atoms with Crippen molar-refractivity contribution in [3.63, 3.8) is 0 Å². The maximum absolute atomic E-state index is 6.03. The second-order valence-corrected chi connectivity index (χ2v) is 5.08. The van der Waals surface area contributed by atoms with Gasteiger partial charge in [0.1, 0.15) is 19.0 Å². The van der Waals surface area contributed by atoms with E-state index in [1.54, 1.807) is 13.2 Å². The summed E-state index contributed by atoms with van der Waals surface area (Å²) in [5, 5.41) is 3.99. The molecule has 1 heterocycles. The van der Waals surface area contributed by atoms with Crippen LogP contribution in [0.15, 0.2) is 36.4 Å². The van der Waals surface area contributed by atoms with Gasteiger partial charge in [0, 0.05) is 17.1 Å². The minimum atomic E-state index is 0.574. The fourth-order valence-electron chi connectivity index (χ4n) is 2.28. The molecule has 0 aromatic heterocycles. The first-order chi connectivity index (χ1) is 10.3. The summed E-state index contributed by atoms with van der Waals surface area (Å²) >= 11 is 6.03. The molecule has 110 valence electrons. The van der Waals surface area contributed by atoms with Gasteiger partial charge in [0.05, 0.1) is 12.8 Å². The van der Waals surface area contributed by atoms with Gasteiger partial charge >= 0.3 is 0 Å². The van der Waals surface area contributed by atoms with Gasteiger partial charge in [-0.25, -0.2) is 0 Å². The lowest BCUT2D eigenvalue weighted by atomic mass is 10.1. The monoisotopic (exact) mass is 305 g/mol. The van der Waals surface area contributed by atoms with E-state index in [4.69, 9.17) is 25.8 Å². The van der Waals surface area contributed by atoms with Crippen molar-refractivity contribution in [3.05, 3.63) is 47.0 Å². The van der Waals surface area contributed by atoms with Gasteiger partial charge in [-0.2, -0.15) is 0 Å². The maximum Gasteiger partial charge on any atom is 0.166 e. The normalized spacial score (nSPS) is 12.9. The van der Waals surface area contributed by atoms with E-state index in [0.29, 0.717) is 24.8 Å². The number of hydrogen-bond acceptors (Lipinski definition) is 4. The van der Waals surface area contributed by atoms with Gasteiger partial charge in [0.2, 0.25) is 0 Å². The van der Waals surface area contributed by atoms with E-state index in [1.165, 1.54) is 0 Å². The van der Waals surface area contributed by atoms with Crippen molar-refractivity contribution in [1.82, 2.24) is 0 Å². The summed E-state index contributed by atoms with van der Waals surface area (Å²) in [5.74, 6) is 2.34. The smallest absolute Gasteiger partial charge is 0.166 e. The molecule has 0 radical (unpaired) electrons. The molecule has 0 aliphatic carbocycles. The molecular weight excluding hydrogens is 290 g/mol. The molecule has 0 amide bonds. The molecule has 1 aliphatic heterocycles. The van der Waals surface area contributed by atoms with Crippen LogP contribution in [0.2, 0.25) is 5.02 Å². The number of ether oxygens (including phenoxy) is 3. The Labute approximate surface area is 128 Å². The summed E-state index contributed by atoms with van der Waals surface area (Å²) in [6.07, 6.45) is 0. The fraction of sp³-hybridized carbons (Fsp3) is 0.250. The van der Waals surface area contributed by atoms with E-state index in [2.05, 4.69) is 5.32 Å². The number of nitrogens with one attached hydrogen (secondary N) is 1. The molecule has 3 rings (SSSR count). The first-order valence-electron chi connectivity index (χ1n) is 6.73. The molecule has 1 aliphatic rings. The molecule has 0 fully saturated rings. The molecule has 4 nitrogen and oxygen atoms in total. The lowest BCUT2D eigenvalue weighted by Gasteiger charge is -2.21. The Hall–Kier alpha value is -2.07. The molecule has 21 heavy (non-hydrogen) atoms. The third-order valence-electron chi connectivity index (χ3n) is 3.28. The molecule has 5 heteroatoms. The van der Waals surface area contributed by atoms with Crippen molar-refractivity contribution >= 4 is 17.3 Å². The molecule has 0 bridgehead atoms. The van der Waals surface area contributed by atoms with E-state index in [9.17, 15) is 0 Å². The highest BCUT2D eigenvalue weighted by Crippen LogP contribution is 2.35. The Kier molecular flexibility index (Phi) is 4.06. The average Bonchev–Trinajstić information content (AvgIpc) is 2.53. The van der Waals surface area contributed by atoms with E-state index in [0.717, 1.165) is 28.5 Å². The Bertz CT molecular complexity index is 645. The van der Waals surface area contributed by atoms with Crippen molar-refractivity contribution < 1.29 is 14.2 Å². The summed E-state index contributed by atoms with van der Waals surface area (Å²) < 4.78 is 16.6. The Balaban J connectivity index is 1.81. The number of anilines is 1. The van der Waals surface area contributed by atoms with Gasteiger partial charge in [-0.1, -0.05) is 23.7 Å². The van der Waals surface area contributed by atoms with E-state index < -0.39 is 0 Å². The summed E-state index contributed by atoms with van der Waals surface area (Å²) in [7, 11) is 1.63. The topological polar surface area (TPSA) is 39.7 Å². The zero-order valence-corrected chi connectivity index (χ0v) is 12.4. The second-order valence-electron chi connectivity index (χ2n) is 4.64. The van der Waals surface area contributed by atoms with Gasteiger partial charge in [-0.3, -0.25) is 0 Å². The maximum atomic E-state index is 6.03. The third-order valence-corrected chi connectivity index (χ3v) is 3.51. The molecule has 2 aromatic carbocycles. The van der Waals surface area contributed by atoms with Crippen LogP contribution >= 0.6 is 11.6 Å². The molecular formula is C16H16ClNO3. The Morgan fingerprint density at radius 3 is 2.90 bits per heavy atom.